The Morgan fingerprint density at radius 1 is 1.39 bits per heavy atom. The zero-order chi connectivity index (χ0) is 12.4. The summed E-state index contributed by atoms with van der Waals surface area (Å²) in [5.74, 6) is 1.16. The first kappa shape index (κ1) is 11.2. The fourth-order valence-electron chi connectivity index (χ4n) is 2.00. The van der Waals surface area contributed by atoms with Crippen LogP contribution in [0.25, 0.3) is 11.5 Å². The van der Waals surface area contributed by atoms with Crippen molar-refractivity contribution in [2.75, 3.05) is 20.3 Å². The lowest BCUT2D eigenvalue weighted by molar-refractivity contribution is 0.185. The van der Waals surface area contributed by atoms with Crippen molar-refractivity contribution in [1.82, 2.24) is 25.4 Å². The van der Waals surface area contributed by atoms with Gasteiger partial charge in [0.2, 0.25) is 11.7 Å². The Bertz CT molecular complexity index is 515. The van der Waals surface area contributed by atoms with Gasteiger partial charge in [-0.1, -0.05) is 5.16 Å². The molecular weight excluding hydrogens is 234 g/mol. The van der Waals surface area contributed by atoms with Gasteiger partial charge in [-0.3, -0.25) is 0 Å². The number of ether oxygens (including phenoxy) is 1. The van der Waals surface area contributed by atoms with Crippen LogP contribution in [0.5, 0.6) is 0 Å². The van der Waals surface area contributed by atoms with Crippen molar-refractivity contribution in [3.63, 3.8) is 0 Å². The summed E-state index contributed by atoms with van der Waals surface area (Å²) in [5.41, 5.74) is 0.653. The number of hydrogen-bond acceptors (Lipinski definition) is 7. The highest BCUT2D eigenvalue weighted by Crippen LogP contribution is 2.25. The maximum absolute atomic E-state index is 5.41. The molecule has 1 aliphatic rings. The second kappa shape index (κ2) is 4.79. The van der Waals surface area contributed by atoms with Crippen molar-refractivity contribution in [2.24, 2.45) is 0 Å². The molecular formula is C11H13N5O2. The van der Waals surface area contributed by atoms with E-state index < -0.39 is 0 Å². The zero-order valence-corrected chi connectivity index (χ0v) is 9.91. The Hall–Kier alpha value is -1.86. The molecule has 1 N–H and O–H groups in total. The summed E-state index contributed by atoms with van der Waals surface area (Å²) in [6, 6.07) is 1.96. The van der Waals surface area contributed by atoms with E-state index in [0.29, 0.717) is 30.6 Å². The number of aromatic nitrogens is 4. The fraction of sp³-hybridized carbons (Fsp3) is 0.455. The molecule has 0 aromatic carbocycles. The average Bonchev–Trinajstić information content (AvgIpc) is 3.08. The molecule has 0 radical (unpaired) electrons. The van der Waals surface area contributed by atoms with Crippen LogP contribution in [0.3, 0.4) is 0 Å². The predicted molar refractivity (Wildman–Crippen MR) is 61.7 cm³/mol. The van der Waals surface area contributed by atoms with Gasteiger partial charge in [0.05, 0.1) is 19.1 Å². The third kappa shape index (κ3) is 1.98. The van der Waals surface area contributed by atoms with Gasteiger partial charge in [0.1, 0.15) is 12.0 Å². The van der Waals surface area contributed by atoms with Crippen molar-refractivity contribution in [3.8, 4) is 11.5 Å². The molecule has 1 aliphatic heterocycles. The quantitative estimate of drug-likeness (QED) is 0.830. The van der Waals surface area contributed by atoms with Gasteiger partial charge in [0, 0.05) is 12.2 Å². The third-order valence-electron chi connectivity index (χ3n) is 3.02. The van der Waals surface area contributed by atoms with Crippen LogP contribution in [0, 0.1) is 0 Å². The van der Waals surface area contributed by atoms with Gasteiger partial charge in [-0.15, -0.1) is 0 Å². The van der Waals surface area contributed by atoms with Crippen LogP contribution in [0.15, 0.2) is 23.1 Å². The summed E-state index contributed by atoms with van der Waals surface area (Å²) in [6.45, 7) is 1.25. The molecule has 0 amide bonds. The molecule has 7 nitrogen and oxygen atoms in total. The minimum absolute atomic E-state index is 0.0955. The third-order valence-corrected chi connectivity index (χ3v) is 3.02. The minimum atomic E-state index is 0.0955. The van der Waals surface area contributed by atoms with Crippen molar-refractivity contribution < 1.29 is 9.26 Å². The molecule has 0 spiro atoms. The van der Waals surface area contributed by atoms with E-state index in [0.717, 1.165) is 0 Å². The van der Waals surface area contributed by atoms with E-state index in [4.69, 9.17) is 9.26 Å². The van der Waals surface area contributed by atoms with Gasteiger partial charge in [0.15, 0.2) is 0 Å². The number of hydrogen-bond donors (Lipinski definition) is 1. The van der Waals surface area contributed by atoms with Crippen molar-refractivity contribution >= 4 is 0 Å². The summed E-state index contributed by atoms with van der Waals surface area (Å²) >= 11 is 0. The van der Waals surface area contributed by atoms with E-state index in [1.54, 1.807) is 12.3 Å². The summed E-state index contributed by atoms with van der Waals surface area (Å²) in [4.78, 5) is 12.3. The van der Waals surface area contributed by atoms with E-state index in [-0.39, 0.29) is 12.0 Å². The van der Waals surface area contributed by atoms with Crippen LogP contribution in [-0.2, 0) is 4.74 Å². The molecule has 2 aromatic heterocycles. The second-order valence-corrected chi connectivity index (χ2v) is 4.09. The first-order valence-electron chi connectivity index (χ1n) is 5.73. The lowest BCUT2D eigenvalue weighted by Crippen LogP contribution is -2.31. The first-order chi connectivity index (χ1) is 8.88. The summed E-state index contributed by atoms with van der Waals surface area (Å²) < 4.78 is 10.7. The maximum atomic E-state index is 5.41. The van der Waals surface area contributed by atoms with Crippen LogP contribution in [0.2, 0.25) is 0 Å². The molecule has 1 fully saturated rings. The van der Waals surface area contributed by atoms with Crippen LogP contribution in [-0.4, -0.2) is 46.4 Å². The molecule has 7 heteroatoms. The molecule has 2 atom stereocenters. The molecule has 0 bridgehead atoms. The second-order valence-electron chi connectivity index (χ2n) is 4.09. The highest BCUT2D eigenvalue weighted by Gasteiger charge is 2.33. The molecule has 0 aliphatic carbocycles. The van der Waals surface area contributed by atoms with Gasteiger partial charge < -0.3 is 14.6 Å². The summed E-state index contributed by atoms with van der Waals surface area (Å²) in [5, 5.41) is 7.12. The van der Waals surface area contributed by atoms with Gasteiger partial charge >= 0.3 is 0 Å². The van der Waals surface area contributed by atoms with Crippen molar-refractivity contribution in [2.45, 2.75) is 12.0 Å². The largest absolute Gasteiger partial charge is 0.379 e. The minimum Gasteiger partial charge on any atom is -0.379 e. The predicted octanol–water partition coefficient (Wildman–Crippen LogP) is 0.228. The molecule has 3 heterocycles. The molecule has 1 saturated heterocycles. The normalized spacial score (nSPS) is 23.4. The Morgan fingerprint density at radius 3 is 3.11 bits per heavy atom. The van der Waals surface area contributed by atoms with Crippen LogP contribution in [0.1, 0.15) is 11.8 Å². The van der Waals surface area contributed by atoms with Crippen LogP contribution < -0.4 is 5.32 Å². The monoisotopic (exact) mass is 247 g/mol. The maximum Gasteiger partial charge on any atom is 0.234 e. The number of likely N-dealkylation sites (N-methyl/N-ethyl adjacent to an activating group) is 1. The van der Waals surface area contributed by atoms with Gasteiger partial charge in [0.25, 0.3) is 0 Å². The first-order valence-corrected chi connectivity index (χ1v) is 5.73. The zero-order valence-electron chi connectivity index (χ0n) is 9.91. The van der Waals surface area contributed by atoms with E-state index in [9.17, 15) is 0 Å². The SMILES string of the molecule is CNC1COCC1c1nc(-c2ccncn2)no1. The standard InChI is InChI=1S/C11H13N5O2/c1-12-9-5-17-4-7(9)11-15-10(16-18-11)8-2-3-13-6-14-8/h2-3,6-7,9,12H,4-5H2,1H3. The Labute approximate surface area is 104 Å². The Balaban J connectivity index is 1.86. The molecule has 0 saturated carbocycles. The fourth-order valence-corrected chi connectivity index (χ4v) is 2.00. The Morgan fingerprint density at radius 2 is 2.33 bits per heavy atom. The Kier molecular flexibility index (Phi) is 2.99. The van der Waals surface area contributed by atoms with E-state index in [1.165, 1.54) is 6.33 Å². The topological polar surface area (TPSA) is 86.0 Å². The van der Waals surface area contributed by atoms with Crippen molar-refractivity contribution in [3.05, 3.63) is 24.5 Å². The molecule has 94 valence electrons. The number of nitrogens with one attached hydrogen (secondary N) is 1. The lowest BCUT2D eigenvalue weighted by atomic mass is 10.0. The van der Waals surface area contributed by atoms with E-state index in [2.05, 4.69) is 25.4 Å². The van der Waals surface area contributed by atoms with E-state index in [1.807, 2.05) is 7.05 Å². The van der Waals surface area contributed by atoms with Crippen LogP contribution in [0.4, 0.5) is 0 Å². The highest BCUT2D eigenvalue weighted by atomic mass is 16.5. The number of nitrogens with zero attached hydrogens (tertiary/aromatic N) is 4. The van der Waals surface area contributed by atoms with Gasteiger partial charge in [-0.25, -0.2) is 9.97 Å². The van der Waals surface area contributed by atoms with Gasteiger partial charge in [-0.05, 0) is 13.1 Å². The molecule has 2 aromatic rings. The highest BCUT2D eigenvalue weighted by molar-refractivity contribution is 5.46. The van der Waals surface area contributed by atoms with Crippen LogP contribution >= 0.6 is 0 Å². The average molecular weight is 247 g/mol. The molecule has 18 heavy (non-hydrogen) atoms. The smallest absolute Gasteiger partial charge is 0.234 e. The van der Waals surface area contributed by atoms with Crippen molar-refractivity contribution in [1.29, 1.82) is 0 Å². The van der Waals surface area contributed by atoms with Gasteiger partial charge in [-0.2, -0.15) is 4.98 Å². The molecule has 2 unspecified atom stereocenters. The summed E-state index contributed by atoms with van der Waals surface area (Å²) in [6.07, 6.45) is 3.11. The number of rotatable bonds is 3. The summed E-state index contributed by atoms with van der Waals surface area (Å²) in [7, 11) is 1.90. The lowest BCUT2D eigenvalue weighted by Gasteiger charge is -2.11. The van der Waals surface area contributed by atoms with E-state index >= 15 is 0 Å². The molecule has 3 rings (SSSR count).